The second kappa shape index (κ2) is 7.99. The molecule has 0 aliphatic carbocycles. The minimum Gasteiger partial charge on any atom is -0.317 e. The Bertz CT molecular complexity index is 1350. The molecule has 6 nitrogen and oxygen atoms in total. The lowest BCUT2D eigenvalue weighted by Gasteiger charge is -2.16. The fourth-order valence-electron chi connectivity index (χ4n) is 3.80. The van der Waals surface area contributed by atoms with Gasteiger partial charge in [-0.3, -0.25) is 9.20 Å². The van der Waals surface area contributed by atoms with Crippen LogP contribution in [0.15, 0.2) is 59.8 Å². The first-order chi connectivity index (χ1) is 15.2. The van der Waals surface area contributed by atoms with Gasteiger partial charge in [-0.25, -0.2) is 10.4 Å². The van der Waals surface area contributed by atoms with Crippen LogP contribution in [0.5, 0.6) is 0 Å². The molecule has 0 bridgehead atoms. The van der Waals surface area contributed by atoms with Crippen molar-refractivity contribution >= 4 is 17.8 Å². The molecule has 0 fully saturated rings. The Morgan fingerprint density at radius 3 is 2.56 bits per heavy atom. The number of imidazole rings is 1. The summed E-state index contributed by atoms with van der Waals surface area (Å²) in [5.74, 6) is -0.436. The summed E-state index contributed by atoms with van der Waals surface area (Å²) in [7, 11) is 0. The van der Waals surface area contributed by atoms with Crippen LogP contribution in [0, 0.1) is 20.8 Å². The Labute approximate surface area is 182 Å². The Morgan fingerprint density at radius 2 is 1.81 bits per heavy atom. The van der Waals surface area contributed by atoms with E-state index in [2.05, 4.69) is 15.5 Å². The van der Waals surface area contributed by atoms with Crippen LogP contribution >= 0.6 is 0 Å². The topological polar surface area (TPSA) is 63.7 Å². The molecule has 0 aliphatic heterocycles. The number of alkyl halides is 3. The van der Waals surface area contributed by atoms with Crippen LogP contribution in [0.3, 0.4) is 0 Å². The van der Waals surface area contributed by atoms with Crippen molar-refractivity contribution in [2.24, 2.45) is 5.10 Å². The van der Waals surface area contributed by atoms with Crippen LogP contribution in [0.2, 0.25) is 0 Å². The molecule has 0 radical (unpaired) electrons. The molecule has 1 N–H and O–H groups in total. The second-order valence-electron chi connectivity index (χ2n) is 7.35. The lowest BCUT2D eigenvalue weighted by atomic mass is 10.1. The molecule has 0 spiro atoms. The van der Waals surface area contributed by atoms with Gasteiger partial charge in [-0.15, -0.1) is 0 Å². The zero-order valence-electron chi connectivity index (χ0n) is 17.6. The third-order valence-electron chi connectivity index (χ3n) is 5.21. The predicted molar refractivity (Wildman–Crippen MR) is 115 cm³/mol. The summed E-state index contributed by atoms with van der Waals surface area (Å²) in [5.41, 5.74) is 5.15. The number of nitrogens with one attached hydrogen (secondary N) is 1. The third-order valence-corrected chi connectivity index (χ3v) is 5.21. The number of pyridine rings is 1. The highest BCUT2D eigenvalue weighted by Crippen LogP contribution is 2.35. The van der Waals surface area contributed by atoms with E-state index in [0.29, 0.717) is 34.0 Å². The maximum absolute atomic E-state index is 13.5. The Morgan fingerprint density at radius 1 is 1.09 bits per heavy atom. The van der Waals surface area contributed by atoms with Gasteiger partial charge in [-0.2, -0.15) is 18.3 Å². The number of amides is 1. The van der Waals surface area contributed by atoms with Crippen LogP contribution in [0.4, 0.5) is 13.2 Å². The lowest BCUT2D eigenvalue weighted by Crippen LogP contribution is -2.20. The highest BCUT2D eigenvalue weighted by molar-refractivity contribution is 5.95. The number of carbonyl (C=O) groups excluding carboxylic acids is 1. The number of halogens is 3. The maximum atomic E-state index is 13.5. The fourth-order valence-corrected chi connectivity index (χ4v) is 3.80. The predicted octanol–water partition coefficient (Wildman–Crippen LogP) is 4.83. The van der Waals surface area contributed by atoms with E-state index in [9.17, 15) is 18.0 Å². The van der Waals surface area contributed by atoms with E-state index in [1.165, 1.54) is 22.9 Å². The summed E-state index contributed by atoms with van der Waals surface area (Å²) in [6.07, 6.45) is -1.32. The van der Waals surface area contributed by atoms with E-state index in [1.807, 2.05) is 6.07 Å². The number of hydrazone groups is 1. The third kappa shape index (κ3) is 3.77. The van der Waals surface area contributed by atoms with Gasteiger partial charge in [0.2, 0.25) is 0 Å². The van der Waals surface area contributed by atoms with Gasteiger partial charge in [0.1, 0.15) is 11.3 Å². The summed E-state index contributed by atoms with van der Waals surface area (Å²) in [6, 6.07) is 12.5. The van der Waals surface area contributed by atoms with Gasteiger partial charge in [0.05, 0.1) is 23.2 Å². The average Bonchev–Trinajstić information content (AvgIpc) is 3.22. The van der Waals surface area contributed by atoms with Gasteiger partial charge in [0.25, 0.3) is 5.91 Å². The Kier molecular flexibility index (Phi) is 5.33. The van der Waals surface area contributed by atoms with Crippen molar-refractivity contribution in [3.8, 4) is 5.69 Å². The van der Waals surface area contributed by atoms with Crippen LogP contribution in [-0.2, 0) is 6.18 Å². The molecule has 1 aromatic carbocycles. The van der Waals surface area contributed by atoms with Gasteiger partial charge in [-0.05, 0) is 51.1 Å². The molecule has 9 heteroatoms. The summed E-state index contributed by atoms with van der Waals surface area (Å²) in [6.45, 7) is 5.16. The molecular weight excluding hydrogens is 419 g/mol. The molecule has 164 valence electrons. The number of hydrogen-bond donors (Lipinski definition) is 1. The fraction of sp³-hybridized carbons (Fsp3) is 0.174. The number of aromatic nitrogens is 3. The smallest absolute Gasteiger partial charge is 0.317 e. The van der Waals surface area contributed by atoms with Crippen LogP contribution < -0.4 is 5.43 Å². The quantitative estimate of drug-likeness (QED) is 0.366. The molecule has 0 atom stereocenters. The van der Waals surface area contributed by atoms with E-state index < -0.39 is 17.6 Å². The number of para-hydroxylation sites is 1. The van der Waals surface area contributed by atoms with Crippen LogP contribution in [0.1, 0.15) is 38.7 Å². The standard InChI is InChI=1S/C23H20F3N5O/c1-14-12-17(16(3)31(14)19-9-5-4-8-18(19)23(24,25)26)13-27-29-22(32)21-15(2)28-20-10-6-7-11-30(20)21/h4-13H,1-3H3,(H,29,32)/b27-13-. The van der Waals surface area contributed by atoms with Crippen LogP contribution in [-0.4, -0.2) is 26.1 Å². The Balaban J connectivity index is 1.62. The number of nitrogens with zero attached hydrogens (tertiary/aromatic N) is 4. The number of aryl methyl sites for hydroxylation is 2. The molecule has 0 unspecified atom stereocenters. The highest BCUT2D eigenvalue weighted by Gasteiger charge is 2.34. The summed E-state index contributed by atoms with van der Waals surface area (Å²) < 4.78 is 43.6. The molecule has 32 heavy (non-hydrogen) atoms. The maximum Gasteiger partial charge on any atom is 0.418 e. The van der Waals surface area contributed by atoms with Crippen molar-refractivity contribution in [3.05, 3.63) is 88.6 Å². The molecule has 0 saturated heterocycles. The van der Waals surface area contributed by atoms with Gasteiger partial charge in [-0.1, -0.05) is 18.2 Å². The number of carbonyl (C=O) groups is 1. The first-order valence-corrected chi connectivity index (χ1v) is 9.81. The van der Waals surface area contributed by atoms with Crippen molar-refractivity contribution < 1.29 is 18.0 Å². The minimum atomic E-state index is -4.48. The van der Waals surface area contributed by atoms with E-state index in [0.717, 1.165) is 6.07 Å². The van der Waals surface area contributed by atoms with Crippen molar-refractivity contribution in [1.29, 1.82) is 0 Å². The zero-order chi connectivity index (χ0) is 23.0. The minimum absolute atomic E-state index is 0.0417. The van der Waals surface area contributed by atoms with Crippen molar-refractivity contribution in [1.82, 2.24) is 19.4 Å². The Hall–Kier alpha value is -3.88. The molecule has 4 rings (SSSR count). The first kappa shape index (κ1) is 21.4. The number of fused-ring (bicyclic) bond motifs is 1. The summed E-state index contributed by atoms with van der Waals surface area (Å²) >= 11 is 0. The van der Waals surface area contributed by atoms with Crippen molar-refractivity contribution in [2.45, 2.75) is 26.9 Å². The summed E-state index contributed by atoms with van der Waals surface area (Å²) in [5, 5.41) is 4.02. The molecule has 1 amide bonds. The largest absolute Gasteiger partial charge is 0.418 e. The molecule has 0 saturated carbocycles. The summed E-state index contributed by atoms with van der Waals surface area (Å²) in [4.78, 5) is 17.0. The molecule has 0 aliphatic rings. The number of rotatable bonds is 4. The normalized spacial score (nSPS) is 12.1. The van der Waals surface area contributed by atoms with Crippen molar-refractivity contribution in [2.75, 3.05) is 0 Å². The van der Waals surface area contributed by atoms with Gasteiger partial charge >= 0.3 is 6.18 Å². The SMILES string of the molecule is Cc1nc2ccccn2c1C(=O)N/N=C\c1cc(C)n(-c2ccccc2C(F)(F)F)c1C. The van der Waals surface area contributed by atoms with E-state index >= 15 is 0 Å². The zero-order valence-corrected chi connectivity index (χ0v) is 17.6. The lowest BCUT2D eigenvalue weighted by molar-refractivity contribution is -0.137. The first-order valence-electron chi connectivity index (χ1n) is 9.81. The molecule has 3 aromatic heterocycles. The average molecular weight is 439 g/mol. The van der Waals surface area contributed by atoms with Gasteiger partial charge < -0.3 is 4.57 Å². The molecular formula is C23H20F3N5O. The second-order valence-corrected chi connectivity index (χ2v) is 7.35. The van der Waals surface area contributed by atoms with Gasteiger partial charge in [0.15, 0.2) is 0 Å². The van der Waals surface area contributed by atoms with E-state index in [1.54, 1.807) is 55.6 Å². The molecule has 3 heterocycles. The molecule has 4 aromatic rings. The number of hydrogen-bond acceptors (Lipinski definition) is 3. The highest BCUT2D eigenvalue weighted by atomic mass is 19.4. The van der Waals surface area contributed by atoms with Crippen LogP contribution in [0.25, 0.3) is 11.3 Å². The van der Waals surface area contributed by atoms with Crippen molar-refractivity contribution in [3.63, 3.8) is 0 Å². The van der Waals surface area contributed by atoms with E-state index in [-0.39, 0.29) is 5.69 Å². The van der Waals surface area contributed by atoms with E-state index in [4.69, 9.17) is 0 Å². The monoisotopic (exact) mass is 439 g/mol. The number of benzene rings is 1. The van der Waals surface area contributed by atoms with Gasteiger partial charge in [0, 0.05) is 23.1 Å².